The van der Waals surface area contributed by atoms with Crippen LogP contribution in [-0.4, -0.2) is 29.1 Å². The molecule has 1 fully saturated rings. The number of aryl methyl sites for hydroxylation is 1. The quantitative estimate of drug-likeness (QED) is 0.311. The molecule has 0 bridgehead atoms. The molecular formula is C27H23F4N3O4S. The van der Waals surface area contributed by atoms with Crippen molar-refractivity contribution in [2.45, 2.75) is 44.2 Å². The first-order valence-electron chi connectivity index (χ1n) is 12.2. The molecule has 204 valence electrons. The number of alkyl halides is 3. The molecular weight excluding hydrogens is 538 g/mol. The smallest absolute Gasteiger partial charge is 0.331 e. The molecule has 0 aliphatic heterocycles. The Bertz CT molecular complexity index is 1770. The van der Waals surface area contributed by atoms with Crippen LogP contribution in [0.1, 0.15) is 46.9 Å². The van der Waals surface area contributed by atoms with Crippen molar-refractivity contribution < 1.29 is 30.8 Å². The Balaban J connectivity index is 1.80. The number of carbonyl (C=O) groups excluding carboxylic acids is 1. The van der Waals surface area contributed by atoms with Gasteiger partial charge in [-0.3, -0.25) is 9.59 Å². The molecule has 1 amide bonds. The summed E-state index contributed by atoms with van der Waals surface area (Å²) in [6.45, 7) is 1.36. The van der Waals surface area contributed by atoms with Gasteiger partial charge < -0.3 is 9.55 Å². The van der Waals surface area contributed by atoms with E-state index < -0.39 is 50.8 Å². The number of rotatable bonds is 7. The lowest BCUT2D eigenvalue weighted by atomic mass is 10.0. The minimum Gasteiger partial charge on any atom is -0.331 e. The molecule has 0 radical (unpaired) electrons. The second kappa shape index (κ2) is 9.67. The molecule has 1 saturated carbocycles. The Morgan fingerprint density at radius 2 is 1.87 bits per heavy atom. The second-order valence-electron chi connectivity index (χ2n) is 9.41. The number of amides is 1. The summed E-state index contributed by atoms with van der Waals surface area (Å²) in [5.74, 6) is -2.01. The van der Waals surface area contributed by atoms with Gasteiger partial charge in [0.2, 0.25) is 10.0 Å². The number of benzene rings is 2. The Kier molecular flexibility index (Phi) is 6.61. The summed E-state index contributed by atoms with van der Waals surface area (Å²) in [6, 6.07) is 10.0. The highest BCUT2D eigenvalue weighted by atomic mass is 32.2. The highest BCUT2D eigenvalue weighted by Crippen LogP contribution is 2.37. The molecule has 1 aliphatic carbocycles. The van der Waals surface area contributed by atoms with Gasteiger partial charge in [-0.25, -0.2) is 17.5 Å². The zero-order valence-corrected chi connectivity index (χ0v) is 21.4. The number of hydrogen-bond donors (Lipinski definition) is 2. The van der Waals surface area contributed by atoms with Crippen LogP contribution in [0, 0.1) is 5.82 Å². The van der Waals surface area contributed by atoms with Gasteiger partial charge in [0.05, 0.1) is 17.4 Å². The van der Waals surface area contributed by atoms with Crippen LogP contribution in [0.15, 0.2) is 59.5 Å². The van der Waals surface area contributed by atoms with Gasteiger partial charge >= 0.3 is 6.18 Å². The average molecular weight is 562 g/mol. The maximum atomic E-state index is 14.8. The van der Waals surface area contributed by atoms with Crippen LogP contribution in [0.5, 0.6) is 0 Å². The topological polar surface area (TPSA) is 101 Å². The molecule has 0 spiro atoms. The van der Waals surface area contributed by atoms with E-state index in [0.717, 1.165) is 5.56 Å². The van der Waals surface area contributed by atoms with E-state index in [1.165, 1.54) is 22.9 Å². The molecule has 0 atom stereocenters. The highest BCUT2D eigenvalue weighted by molar-refractivity contribution is 7.91. The third-order valence-corrected chi connectivity index (χ3v) is 8.56. The monoisotopic (exact) mass is 561 g/mol. The average Bonchev–Trinajstić information content (AvgIpc) is 3.69. The van der Waals surface area contributed by atoms with Gasteiger partial charge in [0, 0.05) is 33.8 Å². The molecule has 2 aromatic heterocycles. The summed E-state index contributed by atoms with van der Waals surface area (Å²) in [6.07, 6.45) is -2.00. The Labute approximate surface area is 220 Å². The summed E-state index contributed by atoms with van der Waals surface area (Å²) >= 11 is 0. The molecule has 39 heavy (non-hydrogen) atoms. The molecule has 2 aromatic carbocycles. The molecule has 5 rings (SSSR count). The van der Waals surface area contributed by atoms with Crippen LogP contribution < -0.4 is 10.3 Å². The van der Waals surface area contributed by atoms with Crippen molar-refractivity contribution in [2.24, 2.45) is 0 Å². The van der Waals surface area contributed by atoms with E-state index >= 15 is 0 Å². The Hall–Kier alpha value is -3.93. The van der Waals surface area contributed by atoms with Gasteiger partial charge in [-0.05, 0) is 67.3 Å². The number of pyridine rings is 1. The zero-order chi connectivity index (χ0) is 28.1. The van der Waals surface area contributed by atoms with E-state index in [-0.39, 0.29) is 22.4 Å². The summed E-state index contributed by atoms with van der Waals surface area (Å²) < 4.78 is 83.8. The van der Waals surface area contributed by atoms with Gasteiger partial charge in [0.15, 0.2) is 0 Å². The Morgan fingerprint density at radius 1 is 1.13 bits per heavy atom. The fraction of sp³-hybridized carbons (Fsp3) is 0.259. The van der Waals surface area contributed by atoms with E-state index in [0.29, 0.717) is 48.4 Å². The van der Waals surface area contributed by atoms with E-state index in [1.54, 1.807) is 18.2 Å². The Morgan fingerprint density at radius 3 is 2.51 bits per heavy atom. The standard InChI is InChI=1S/C27H23F4N3O4S/c1-2-15-5-10-22-20(12-15)23(19-4-3-11-32-25(19)35)24(26(36)33-39(37,38)18-7-8-18)34(22)14-16-13-17(27(29,30)31)6-9-21(16)28/h3-6,9-13,18H,2,7-8,14H2,1H3,(H,32,35)(H,33,36). The maximum Gasteiger partial charge on any atom is 0.416 e. The van der Waals surface area contributed by atoms with Crippen molar-refractivity contribution in [1.82, 2.24) is 14.3 Å². The first-order chi connectivity index (χ1) is 18.4. The number of sulfonamides is 1. The van der Waals surface area contributed by atoms with Crippen molar-refractivity contribution in [3.05, 3.63) is 93.3 Å². The number of halogens is 4. The number of aromatic nitrogens is 2. The molecule has 7 nitrogen and oxygen atoms in total. The zero-order valence-electron chi connectivity index (χ0n) is 20.6. The summed E-state index contributed by atoms with van der Waals surface area (Å²) in [4.78, 5) is 29.0. The SMILES string of the molecule is CCc1ccc2c(c1)c(-c1ccc[nH]c1=O)c(C(=O)NS(=O)(=O)C1CC1)n2Cc1cc(C(F)(F)F)ccc1F. The summed E-state index contributed by atoms with van der Waals surface area (Å²) in [5.41, 5.74) is -1.00. The number of nitrogens with one attached hydrogen (secondary N) is 2. The van der Waals surface area contributed by atoms with Gasteiger partial charge in [0.1, 0.15) is 11.5 Å². The van der Waals surface area contributed by atoms with Gasteiger partial charge in [-0.15, -0.1) is 0 Å². The molecule has 1 aliphatic rings. The third kappa shape index (κ3) is 5.08. The van der Waals surface area contributed by atoms with Crippen LogP contribution in [-0.2, 0) is 29.2 Å². The van der Waals surface area contributed by atoms with Gasteiger partial charge in [-0.2, -0.15) is 13.2 Å². The number of fused-ring (bicyclic) bond motifs is 1. The number of nitrogens with zero attached hydrogens (tertiary/aromatic N) is 1. The lowest BCUT2D eigenvalue weighted by Crippen LogP contribution is -2.35. The first kappa shape index (κ1) is 26.7. The van der Waals surface area contributed by atoms with Crippen molar-refractivity contribution in [3.8, 4) is 11.1 Å². The first-order valence-corrected chi connectivity index (χ1v) is 13.7. The highest BCUT2D eigenvalue weighted by Gasteiger charge is 2.38. The van der Waals surface area contributed by atoms with Crippen molar-refractivity contribution in [3.63, 3.8) is 0 Å². The maximum absolute atomic E-state index is 14.8. The lowest BCUT2D eigenvalue weighted by molar-refractivity contribution is -0.137. The number of aromatic amines is 1. The minimum atomic E-state index is -4.74. The van der Waals surface area contributed by atoms with Crippen LogP contribution in [0.25, 0.3) is 22.0 Å². The summed E-state index contributed by atoms with van der Waals surface area (Å²) in [7, 11) is -4.04. The number of hydrogen-bond acceptors (Lipinski definition) is 4. The number of carbonyl (C=O) groups is 1. The summed E-state index contributed by atoms with van der Waals surface area (Å²) in [5, 5.41) is -0.345. The lowest BCUT2D eigenvalue weighted by Gasteiger charge is -2.15. The number of H-pyrrole nitrogens is 1. The predicted octanol–water partition coefficient (Wildman–Crippen LogP) is 4.99. The van der Waals surface area contributed by atoms with Crippen molar-refractivity contribution >= 4 is 26.8 Å². The molecule has 0 unspecified atom stereocenters. The predicted molar refractivity (Wildman–Crippen MR) is 137 cm³/mol. The molecule has 12 heteroatoms. The third-order valence-electron chi connectivity index (χ3n) is 6.74. The van der Waals surface area contributed by atoms with Crippen LogP contribution in [0.3, 0.4) is 0 Å². The molecule has 4 aromatic rings. The fourth-order valence-corrected chi connectivity index (χ4v) is 5.87. The van der Waals surface area contributed by atoms with E-state index in [9.17, 15) is 35.6 Å². The molecule has 2 heterocycles. The minimum absolute atomic E-state index is 0.0491. The van der Waals surface area contributed by atoms with E-state index in [1.807, 2.05) is 6.92 Å². The van der Waals surface area contributed by atoms with Crippen molar-refractivity contribution in [2.75, 3.05) is 0 Å². The van der Waals surface area contributed by atoms with E-state index in [4.69, 9.17) is 0 Å². The normalized spacial score (nSPS) is 14.1. The van der Waals surface area contributed by atoms with E-state index in [2.05, 4.69) is 9.71 Å². The van der Waals surface area contributed by atoms with Crippen molar-refractivity contribution in [1.29, 1.82) is 0 Å². The fourth-order valence-electron chi connectivity index (χ4n) is 4.59. The van der Waals surface area contributed by atoms with Crippen LogP contribution in [0.4, 0.5) is 17.6 Å². The van der Waals surface area contributed by atoms with Gasteiger partial charge in [-0.1, -0.05) is 13.0 Å². The molecule has 2 N–H and O–H groups in total. The van der Waals surface area contributed by atoms with Crippen LogP contribution >= 0.6 is 0 Å². The largest absolute Gasteiger partial charge is 0.416 e. The second-order valence-corrected chi connectivity index (χ2v) is 11.4. The van der Waals surface area contributed by atoms with Crippen LogP contribution in [0.2, 0.25) is 0 Å². The van der Waals surface area contributed by atoms with Gasteiger partial charge in [0.25, 0.3) is 11.5 Å². The molecule has 0 saturated heterocycles.